The lowest BCUT2D eigenvalue weighted by Gasteiger charge is -2.34. The van der Waals surface area contributed by atoms with E-state index in [1.54, 1.807) is 24.1 Å². The van der Waals surface area contributed by atoms with E-state index in [1.807, 2.05) is 24.3 Å². The van der Waals surface area contributed by atoms with Crippen molar-refractivity contribution in [1.82, 2.24) is 14.7 Å². The second-order valence-electron chi connectivity index (χ2n) is 9.00. The topological polar surface area (TPSA) is 53.1 Å². The molecule has 1 heterocycles. The molecule has 3 aromatic rings. The molecule has 38 heavy (non-hydrogen) atoms. The molecule has 2 amide bonds. The van der Waals surface area contributed by atoms with Gasteiger partial charge in [0.15, 0.2) is 0 Å². The molecule has 1 aliphatic heterocycles. The smallest absolute Gasteiger partial charge is 0.312 e. The largest absolute Gasteiger partial charge is 0.457 e. The second-order valence-corrected chi connectivity index (χ2v) is 10.3. The molecule has 0 unspecified atom stereocenters. The lowest BCUT2D eigenvalue weighted by molar-refractivity contribution is -0.152. The first-order valence-electron chi connectivity index (χ1n) is 12.2. The fraction of sp³-hybridized carbons (Fsp3) is 0.241. The van der Waals surface area contributed by atoms with Crippen LogP contribution in [0.2, 0.25) is 5.02 Å². The lowest BCUT2D eigenvalue weighted by Crippen LogP contribution is -2.52. The van der Waals surface area contributed by atoms with Gasteiger partial charge in [-0.05, 0) is 29.8 Å². The average Bonchev–Trinajstić information content (AvgIpc) is 2.92. The first-order valence-corrected chi connectivity index (χ1v) is 13.4. The van der Waals surface area contributed by atoms with Crippen LogP contribution in [0.3, 0.4) is 0 Å². The number of carbonyl (C=O) groups is 2. The molecule has 0 bridgehead atoms. The van der Waals surface area contributed by atoms with Crippen molar-refractivity contribution in [3.8, 4) is 11.5 Å². The molecule has 1 aliphatic rings. The van der Waals surface area contributed by atoms with E-state index >= 15 is 0 Å². The quantitative estimate of drug-likeness (QED) is 0.320. The molecule has 1 fully saturated rings. The highest BCUT2D eigenvalue weighted by Gasteiger charge is 2.28. The van der Waals surface area contributed by atoms with E-state index in [-0.39, 0.29) is 11.6 Å². The number of ether oxygens (including phenoxy) is 1. The monoisotopic (exact) mass is 599 g/mol. The Bertz CT molecular complexity index is 1310. The van der Waals surface area contributed by atoms with Crippen LogP contribution >= 0.6 is 27.5 Å². The van der Waals surface area contributed by atoms with Crippen molar-refractivity contribution in [1.29, 1.82) is 0 Å². The molecule has 6 nitrogen and oxygen atoms in total. The van der Waals surface area contributed by atoms with Crippen molar-refractivity contribution < 1.29 is 18.7 Å². The third kappa shape index (κ3) is 7.43. The van der Waals surface area contributed by atoms with Crippen LogP contribution in [0, 0.1) is 5.82 Å². The minimum absolute atomic E-state index is 0.0516. The summed E-state index contributed by atoms with van der Waals surface area (Å²) in [6.45, 7) is 3.34. The van der Waals surface area contributed by atoms with Gasteiger partial charge in [0.2, 0.25) is 0 Å². The zero-order valence-electron chi connectivity index (χ0n) is 20.9. The maximum absolute atomic E-state index is 13.5. The molecule has 0 aliphatic carbocycles. The third-order valence-corrected chi connectivity index (χ3v) is 7.00. The van der Waals surface area contributed by atoms with Crippen LogP contribution in [-0.4, -0.2) is 66.3 Å². The van der Waals surface area contributed by atoms with Gasteiger partial charge in [-0.1, -0.05) is 76.1 Å². The Morgan fingerprint density at radius 1 is 1.05 bits per heavy atom. The van der Waals surface area contributed by atoms with E-state index in [0.29, 0.717) is 43.2 Å². The molecule has 0 aromatic heterocycles. The number of nitrogens with zero attached hydrogens (tertiary/aromatic N) is 3. The molecule has 0 N–H and O–H groups in total. The fourth-order valence-corrected chi connectivity index (χ4v) is 4.59. The van der Waals surface area contributed by atoms with Gasteiger partial charge in [0.05, 0.1) is 5.02 Å². The number of halogens is 3. The molecular weight excluding hydrogens is 573 g/mol. The van der Waals surface area contributed by atoms with E-state index in [1.165, 1.54) is 23.1 Å². The fourth-order valence-electron chi connectivity index (χ4n) is 4.08. The summed E-state index contributed by atoms with van der Waals surface area (Å²) in [7, 11) is 1.59. The zero-order chi connectivity index (χ0) is 27.1. The summed E-state index contributed by atoms with van der Waals surface area (Å²) in [5.74, 6) is -0.816. The Labute approximate surface area is 235 Å². The molecule has 198 valence electrons. The summed E-state index contributed by atoms with van der Waals surface area (Å²) in [4.78, 5) is 31.2. The van der Waals surface area contributed by atoms with E-state index < -0.39 is 17.6 Å². The predicted molar refractivity (Wildman–Crippen MR) is 151 cm³/mol. The van der Waals surface area contributed by atoms with Crippen molar-refractivity contribution >= 4 is 45.4 Å². The Morgan fingerprint density at radius 2 is 1.79 bits per heavy atom. The number of amides is 2. The average molecular weight is 601 g/mol. The Morgan fingerprint density at radius 3 is 2.50 bits per heavy atom. The van der Waals surface area contributed by atoms with Crippen LogP contribution in [0.1, 0.15) is 11.1 Å². The first-order chi connectivity index (χ1) is 18.3. The Balaban J connectivity index is 1.32. The van der Waals surface area contributed by atoms with Crippen LogP contribution < -0.4 is 4.74 Å². The van der Waals surface area contributed by atoms with E-state index in [4.69, 9.17) is 16.3 Å². The summed E-state index contributed by atoms with van der Waals surface area (Å²) in [6.07, 6.45) is 4.20. The van der Waals surface area contributed by atoms with Crippen LogP contribution in [-0.2, 0) is 16.1 Å². The minimum Gasteiger partial charge on any atom is -0.457 e. The molecule has 0 spiro atoms. The van der Waals surface area contributed by atoms with Gasteiger partial charge in [0.1, 0.15) is 17.3 Å². The van der Waals surface area contributed by atoms with Crippen molar-refractivity contribution in [2.45, 2.75) is 6.54 Å². The van der Waals surface area contributed by atoms with Gasteiger partial charge in [0, 0.05) is 62.4 Å². The van der Waals surface area contributed by atoms with Crippen LogP contribution in [0.25, 0.3) is 6.08 Å². The minimum atomic E-state index is -0.582. The molecule has 3 aromatic carbocycles. The van der Waals surface area contributed by atoms with Crippen LogP contribution in [0.4, 0.5) is 4.39 Å². The number of likely N-dealkylation sites (N-methyl/N-ethyl adjacent to an activating group) is 1. The standard InChI is InChI=1S/C29H28BrClFN3O3/c1-33(20-22-9-10-23(30)18-27(22)38-24-11-12-26(32)25(31)19-24)28(36)29(37)35-16-14-34(15-17-35)13-5-8-21-6-3-2-4-7-21/h2-12,18-19H,13-17,20H2,1H3/b8-5+. The lowest BCUT2D eigenvalue weighted by atomic mass is 10.2. The van der Waals surface area contributed by atoms with Gasteiger partial charge < -0.3 is 14.5 Å². The van der Waals surface area contributed by atoms with Crippen molar-refractivity contribution in [3.05, 3.63) is 99.2 Å². The van der Waals surface area contributed by atoms with Crippen molar-refractivity contribution in [2.75, 3.05) is 39.8 Å². The number of hydrogen-bond donors (Lipinski definition) is 0. The normalized spacial score (nSPS) is 14.1. The number of rotatable bonds is 7. The van der Waals surface area contributed by atoms with E-state index in [2.05, 4.69) is 45.1 Å². The SMILES string of the molecule is CN(Cc1ccc(Br)cc1Oc1ccc(F)c(Cl)c1)C(=O)C(=O)N1CCN(C/C=C/c2ccccc2)CC1. The third-order valence-electron chi connectivity index (χ3n) is 6.22. The highest BCUT2D eigenvalue weighted by Crippen LogP contribution is 2.31. The van der Waals surface area contributed by atoms with Gasteiger partial charge in [-0.3, -0.25) is 14.5 Å². The maximum Gasteiger partial charge on any atom is 0.312 e. The van der Waals surface area contributed by atoms with Gasteiger partial charge in [-0.15, -0.1) is 0 Å². The van der Waals surface area contributed by atoms with Crippen molar-refractivity contribution in [3.63, 3.8) is 0 Å². The highest BCUT2D eigenvalue weighted by molar-refractivity contribution is 9.10. The Kier molecular flexibility index (Phi) is 9.55. The van der Waals surface area contributed by atoms with Crippen molar-refractivity contribution in [2.24, 2.45) is 0 Å². The van der Waals surface area contributed by atoms with Crippen LogP contribution in [0.5, 0.6) is 11.5 Å². The van der Waals surface area contributed by atoms with Gasteiger partial charge in [0.25, 0.3) is 0 Å². The van der Waals surface area contributed by atoms with Gasteiger partial charge >= 0.3 is 11.8 Å². The van der Waals surface area contributed by atoms with E-state index in [0.717, 1.165) is 16.6 Å². The molecule has 0 atom stereocenters. The van der Waals surface area contributed by atoms with E-state index in [9.17, 15) is 14.0 Å². The molecule has 0 radical (unpaired) electrons. The Hall–Kier alpha value is -3.20. The number of carbonyl (C=O) groups excluding carboxylic acids is 2. The van der Waals surface area contributed by atoms with Gasteiger partial charge in [-0.25, -0.2) is 4.39 Å². The summed E-state index contributed by atoms with van der Waals surface area (Å²) >= 11 is 9.30. The summed E-state index contributed by atoms with van der Waals surface area (Å²) in [6, 6.07) is 19.6. The highest BCUT2D eigenvalue weighted by atomic mass is 79.9. The molecule has 0 saturated carbocycles. The number of benzene rings is 3. The predicted octanol–water partition coefficient (Wildman–Crippen LogP) is 5.85. The number of hydrogen-bond acceptors (Lipinski definition) is 4. The van der Waals surface area contributed by atoms with Crippen LogP contribution in [0.15, 0.2) is 77.3 Å². The summed E-state index contributed by atoms with van der Waals surface area (Å²) in [5.41, 5.74) is 1.84. The number of piperazine rings is 1. The maximum atomic E-state index is 13.5. The molecule has 1 saturated heterocycles. The molecule has 9 heteroatoms. The van der Waals surface area contributed by atoms with Gasteiger partial charge in [-0.2, -0.15) is 0 Å². The summed E-state index contributed by atoms with van der Waals surface area (Å²) in [5, 5.41) is -0.0516. The molecular formula is C29H28BrClFN3O3. The first kappa shape index (κ1) is 27.8. The molecule has 4 rings (SSSR count). The second kappa shape index (κ2) is 13.0. The summed E-state index contributed by atoms with van der Waals surface area (Å²) < 4.78 is 20.2. The zero-order valence-corrected chi connectivity index (χ0v) is 23.3.